The molecule has 0 aliphatic carbocycles. The Labute approximate surface area is 125 Å². The van der Waals surface area contributed by atoms with Crippen LogP contribution in [0.4, 0.5) is 0 Å². The summed E-state index contributed by atoms with van der Waals surface area (Å²) in [4.78, 5) is 12.0. The Hall–Kier alpha value is -0.880. The smallest absolute Gasteiger partial charge is 0.251 e. The Bertz CT molecular complexity index is 524. The van der Waals surface area contributed by atoms with Gasteiger partial charge >= 0.3 is 0 Å². The molecule has 0 saturated heterocycles. The Kier molecular flexibility index (Phi) is 4.77. The van der Waals surface area contributed by atoms with Crippen LogP contribution >= 0.6 is 33.9 Å². The highest BCUT2D eigenvalue weighted by atomic mass is 127. The van der Waals surface area contributed by atoms with E-state index in [1.807, 2.05) is 31.2 Å². The molecule has 1 atom stereocenters. The molecule has 18 heavy (non-hydrogen) atoms. The fourth-order valence-electron chi connectivity index (χ4n) is 1.75. The van der Waals surface area contributed by atoms with Crippen molar-refractivity contribution < 1.29 is 4.79 Å². The number of amides is 1. The van der Waals surface area contributed by atoms with Gasteiger partial charge in [0.05, 0.1) is 0 Å². The summed E-state index contributed by atoms with van der Waals surface area (Å²) in [5, 5.41) is 7.20. The molecule has 0 aliphatic rings. The molecular formula is C14H14INOS. The number of rotatable bonds is 4. The number of halogens is 1. The van der Waals surface area contributed by atoms with Crippen molar-refractivity contribution >= 4 is 39.8 Å². The van der Waals surface area contributed by atoms with E-state index in [0.717, 1.165) is 15.6 Å². The first-order chi connectivity index (χ1) is 8.65. The third kappa shape index (κ3) is 3.81. The molecule has 0 saturated carbocycles. The van der Waals surface area contributed by atoms with Crippen LogP contribution in [0.2, 0.25) is 0 Å². The van der Waals surface area contributed by atoms with Gasteiger partial charge in [-0.2, -0.15) is 11.3 Å². The Morgan fingerprint density at radius 3 is 2.94 bits per heavy atom. The molecule has 0 fully saturated rings. The molecular weight excluding hydrogens is 357 g/mol. The lowest BCUT2D eigenvalue weighted by Gasteiger charge is -2.13. The molecule has 1 N–H and O–H groups in total. The average Bonchev–Trinajstić information content (AvgIpc) is 2.81. The van der Waals surface area contributed by atoms with Crippen molar-refractivity contribution in [3.05, 3.63) is 55.8 Å². The lowest BCUT2D eigenvalue weighted by atomic mass is 10.1. The number of nitrogens with one attached hydrogen (secondary N) is 1. The summed E-state index contributed by atoms with van der Waals surface area (Å²) in [5.41, 5.74) is 1.99. The van der Waals surface area contributed by atoms with Gasteiger partial charge in [-0.05, 0) is 76.5 Å². The third-order valence-electron chi connectivity index (χ3n) is 2.59. The lowest BCUT2D eigenvalue weighted by Crippen LogP contribution is -2.34. The number of hydrogen-bond acceptors (Lipinski definition) is 2. The summed E-state index contributed by atoms with van der Waals surface area (Å²) in [6.07, 6.45) is 0.874. The molecule has 94 valence electrons. The van der Waals surface area contributed by atoms with E-state index < -0.39 is 0 Å². The molecule has 1 aromatic carbocycles. The molecule has 0 radical (unpaired) electrons. The van der Waals surface area contributed by atoms with Crippen LogP contribution in [0.3, 0.4) is 0 Å². The van der Waals surface area contributed by atoms with Crippen LogP contribution in [0.5, 0.6) is 0 Å². The van der Waals surface area contributed by atoms with Gasteiger partial charge in [-0.15, -0.1) is 0 Å². The zero-order valence-corrected chi connectivity index (χ0v) is 13.0. The minimum absolute atomic E-state index is 0.00348. The van der Waals surface area contributed by atoms with Crippen LogP contribution in [0.15, 0.2) is 41.1 Å². The maximum atomic E-state index is 12.0. The summed E-state index contributed by atoms with van der Waals surface area (Å²) in [6.45, 7) is 2.03. The van der Waals surface area contributed by atoms with E-state index in [2.05, 4.69) is 44.7 Å². The molecule has 0 bridgehead atoms. The fourth-order valence-corrected chi connectivity index (χ4v) is 2.97. The molecule has 2 aromatic rings. The molecule has 1 unspecified atom stereocenters. The standard InChI is InChI=1S/C14H14INOS/c1-10(7-11-5-6-18-9-11)16-14(17)12-3-2-4-13(15)8-12/h2-6,8-10H,7H2,1H3,(H,16,17). The predicted octanol–water partition coefficient (Wildman–Crippen LogP) is 3.71. The molecule has 2 rings (SSSR count). The number of thiophene rings is 1. The van der Waals surface area contributed by atoms with Crippen molar-refractivity contribution in [2.24, 2.45) is 0 Å². The topological polar surface area (TPSA) is 29.1 Å². The van der Waals surface area contributed by atoms with E-state index in [4.69, 9.17) is 0 Å². The minimum atomic E-state index is -0.00348. The monoisotopic (exact) mass is 371 g/mol. The van der Waals surface area contributed by atoms with Gasteiger partial charge in [-0.1, -0.05) is 6.07 Å². The van der Waals surface area contributed by atoms with Crippen molar-refractivity contribution in [1.82, 2.24) is 5.32 Å². The van der Waals surface area contributed by atoms with Crippen molar-refractivity contribution in [3.63, 3.8) is 0 Å². The maximum absolute atomic E-state index is 12.0. The van der Waals surface area contributed by atoms with Crippen LogP contribution < -0.4 is 5.32 Å². The summed E-state index contributed by atoms with van der Waals surface area (Å²) < 4.78 is 1.07. The van der Waals surface area contributed by atoms with Gasteiger partial charge in [-0.25, -0.2) is 0 Å². The van der Waals surface area contributed by atoms with Crippen LogP contribution in [0.1, 0.15) is 22.8 Å². The molecule has 4 heteroatoms. The average molecular weight is 371 g/mol. The molecule has 0 aliphatic heterocycles. The second-order valence-corrected chi connectivity index (χ2v) is 6.25. The fraction of sp³-hybridized carbons (Fsp3) is 0.214. The van der Waals surface area contributed by atoms with Crippen molar-refractivity contribution in [2.75, 3.05) is 0 Å². The van der Waals surface area contributed by atoms with Gasteiger partial charge in [0.25, 0.3) is 5.91 Å². The van der Waals surface area contributed by atoms with Gasteiger partial charge in [-0.3, -0.25) is 4.79 Å². The number of benzene rings is 1. The Balaban J connectivity index is 1.95. The van der Waals surface area contributed by atoms with Crippen molar-refractivity contribution in [3.8, 4) is 0 Å². The van der Waals surface area contributed by atoms with Gasteiger partial charge in [0, 0.05) is 15.2 Å². The second kappa shape index (κ2) is 6.33. The largest absolute Gasteiger partial charge is 0.349 e. The quantitative estimate of drug-likeness (QED) is 0.816. The number of carbonyl (C=O) groups is 1. The highest BCUT2D eigenvalue weighted by molar-refractivity contribution is 14.1. The highest BCUT2D eigenvalue weighted by Crippen LogP contribution is 2.10. The van der Waals surface area contributed by atoms with Crippen LogP contribution in [0, 0.1) is 3.57 Å². The maximum Gasteiger partial charge on any atom is 0.251 e. The molecule has 1 amide bonds. The number of carbonyl (C=O) groups excluding carboxylic acids is 1. The van der Waals surface area contributed by atoms with E-state index in [1.54, 1.807) is 11.3 Å². The predicted molar refractivity (Wildman–Crippen MR) is 84.1 cm³/mol. The zero-order valence-electron chi connectivity index (χ0n) is 10.0. The van der Waals surface area contributed by atoms with E-state index in [1.165, 1.54) is 5.56 Å². The van der Waals surface area contributed by atoms with Crippen LogP contribution in [-0.2, 0) is 6.42 Å². The van der Waals surface area contributed by atoms with Crippen molar-refractivity contribution in [2.45, 2.75) is 19.4 Å². The van der Waals surface area contributed by atoms with Gasteiger partial charge in [0.15, 0.2) is 0 Å². The van der Waals surface area contributed by atoms with Crippen LogP contribution in [0.25, 0.3) is 0 Å². The normalized spacial score (nSPS) is 12.1. The van der Waals surface area contributed by atoms with Gasteiger partial charge < -0.3 is 5.32 Å². The summed E-state index contributed by atoms with van der Waals surface area (Å²) in [5.74, 6) is -0.00348. The van der Waals surface area contributed by atoms with Gasteiger partial charge in [0.1, 0.15) is 0 Å². The first kappa shape index (κ1) is 13.5. The Morgan fingerprint density at radius 2 is 2.28 bits per heavy atom. The Morgan fingerprint density at radius 1 is 1.44 bits per heavy atom. The molecule has 1 aromatic heterocycles. The van der Waals surface area contributed by atoms with E-state index >= 15 is 0 Å². The van der Waals surface area contributed by atoms with E-state index in [-0.39, 0.29) is 11.9 Å². The second-order valence-electron chi connectivity index (χ2n) is 4.22. The first-order valence-corrected chi connectivity index (χ1v) is 7.75. The van der Waals surface area contributed by atoms with E-state index in [0.29, 0.717) is 0 Å². The number of hydrogen-bond donors (Lipinski definition) is 1. The van der Waals surface area contributed by atoms with Crippen LogP contribution in [-0.4, -0.2) is 11.9 Å². The highest BCUT2D eigenvalue weighted by Gasteiger charge is 2.10. The van der Waals surface area contributed by atoms with E-state index in [9.17, 15) is 4.79 Å². The minimum Gasteiger partial charge on any atom is -0.349 e. The summed E-state index contributed by atoms with van der Waals surface area (Å²) in [7, 11) is 0. The van der Waals surface area contributed by atoms with Gasteiger partial charge in [0.2, 0.25) is 0 Å². The zero-order chi connectivity index (χ0) is 13.0. The molecule has 1 heterocycles. The molecule has 0 spiro atoms. The third-order valence-corrected chi connectivity index (χ3v) is 3.99. The first-order valence-electron chi connectivity index (χ1n) is 5.72. The summed E-state index contributed by atoms with van der Waals surface area (Å²) >= 11 is 3.90. The molecule has 2 nitrogen and oxygen atoms in total. The van der Waals surface area contributed by atoms with Crippen molar-refractivity contribution in [1.29, 1.82) is 0 Å². The summed E-state index contributed by atoms with van der Waals surface area (Å²) in [6, 6.07) is 9.86. The SMILES string of the molecule is CC(Cc1ccsc1)NC(=O)c1cccc(I)c1. The lowest BCUT2D eigenvalue weighted by molar-refractivity contribution is 0.0940.